The molecule has 1 aliphatic rings. The molecule has 2 heterocycles. The van der Waals surface area contributed by atoms with E-state index in [0.29, 0.717) is 36.5 Å². The van der Waals surface area contributed by atoms with Crippen molar-refractivity contribution in [1.29, 1.82) is 0 Å². The lowest BCUT2D eigenvalue weighted by atomic mass is 10.2. The average Bonchev–Trinajstić information content (AvgIpc) is 3.08. The number of carboxylic acids is 1. The van der Waals surface area contributed by atoms with Crippen molar-refractivity contribution in [2.24, 2.45) is 0 Å². The van der Waals surface area contributed by atoms with Crippen LogP contribution in [0.2, 0.25) is 0 Å². The van der Waals surface area contributed by atoms with Gasteiger partial charge in [0.1, 0.15) is 23.6 Å². The largest absolute Gasteiger partial charge is 0.497 e. The van der Waals surface area contributed by atoms with Crippen molar-refractivity contribution >= 4 is 29.4 Å². The Hall–Kier alpha value is -2.38. The number of carboxylic acid groups (broad SMARTS) is 1. The number of carbonyl (C=O) groups is 1. The van der Waals surface area contributed by atoms with Crippen LogP contribution in [0.5, 0.6) is 11.6 Å². The first-order chi connectivity index (χ1) is 12.1. The summed E-state index contributed by atoms with van der Waals surface area (Å²) >= 11 is 0. The van der Waals surface area contributed by atoms with Crippen molar-refractivity contribution in [3.05, 3.63) is 36.5 Å². The molecule has 0 saturated carbocycles. The number of aliphatic carboxylic acids is 1. The molecule has 2 N–H and O–H groups in total. The first-order valence-electron chi connectivity index (χ1n) is 8.19. The zero-order chi connectivity index (χ0) is 17.8. The Morgan fingerprint density at radius 3 is 2.88 bits per heavy atom. The Balaban J connectivity index is 0.00000243. The highest BCUT2D eigenvalue weighted by Crippen LogP contribution is 2.25. The van der Waals surface area contributed by atoms with Gasteiger partial charge in [0.2, 0.25) is 5.88 Å². The molecule has 1 aromatic carbocycles. The molecule has 2 atom stereocenters. The second-order valence-electron chi connectivity index (χ2n) is 5.93. The Bertz CT molecular complexity index is 799. The normalized spacial score (nSPS) is 19.0. The van der Waals surface area contributed by atoms with E-state index < -0.39 is 12.0 Å². The maximum Gasteiger partial charge on any atom is 0.320 e. The third-order valence-corrected chi connectivity index (χ3v) is 4.16. The third kappa shape index (κ3) is 4.42. The molecule has 7 nitrogen and oxygen atoms in total. The summed E-state index contributed by atoms with van der Waals surface area (Å²) < 4.78 is 11.2. The summed E-state index contributed by atoms with van der Waals surface area (Å²) in [4.78, 5) is 20.3. The highest BCUT2D eigenvalue weighted by molar-refractivity contribution is 5.85. The maximum atomic E-state index is 11.1. The second-order valence-corrected chi connectivity index (χ2v) is 5.93. The molecular formula is C18H22ClN3O4. The fourth-order valence-corrected chi connectivity index (χ4v) is 2.82. The van der Waals surface area contributed by atoms with Crippen molar-refractivity contribution in [1.82, 2.24) is 15.3 Å². The molecule has 1 aliphatic heterocycles. The zero-order valence-corrected chi connectivity index (χ0v) is 15.3. The van der Waals surface area contributed by atoms with E-state index in [1.165, 1.54) is 0 Å². The first-order valence-corrected chi connectivity index (χ1v) is 8.19. The van der Waals surface area contributed by atoms with Gasteiger partial charge in [0.05, 0.1) is 18.1 Å². The maximum absolute atomic E-state index is 11.1. The van der Waals surface area contributed by atoms with E-state index in [1.807, 2.05) is 18.2 Å². The smallest absolute Gasteiger partial charge is 0.320 e. The molecule has 1 aromatic heterocycles. The van der Waals surface area contributed by atoms with Gasteiger partial charge in [-0.3, -0.25) is 4.79 Å². The van der Waals surface area contributed by atoms with Gasteiger partial charge in [0, 0.05) is 19.0 Å². The Kier molecular flexibility index (Phi) is 6.76. The Morgan fingerprint density at radius 2 is 2.23 bits per heavy atom. The van der Waals surface area contributed by atoms with Crippen LogP contribution in [0.4, 0.5) is 0 Å². The van der Waals surface area contributed by atoms with Crippen molar-refractivity contribution < 1.29 is 19.4 Å². The summed E-state index contributed by atoms with van der Waals surface area (Å²) in [6.07, 6.45) is 3.39. The van der Waals surface area contributed by atoms with Crippen molar-refractivity contribution in [2.75, 3.05) is 13.7 Å². The molecule has 140 valence electrons. The van der Waals surface area contributed by atoms with Gasteiger partial charge in [-0.25, -0.2) is 9.97 Å². The Labute approximate surface area is 157 Å². The van der Waals surface area contributed by atoms with E-state index >= 15 is 0 Å². The SMILES string of the molecule is C=CCCc1nc2ccc(OC)cc2nc1O[C@H]1CN[C@H](C(=O)O)C1.Cl. The number of nitrogens with zero attached hydrogens (tertiary/aromatic N) is 2. The van der Waals surface area contributed by atoms with Gasteiger partial charge in [-0.15, -0.1) is 19.0 Å². The van der Waals surface area contributed by atoms with Gasteiger partial charge in [-0.1, -0.05) is 6.08 Å². The van der Waals surface area contributed by atoms with Gasteiger partial charge in [-0.05, 0) is 25.0 Å². The van der Waals surface area contributed by atoms with Crippen molar-refractivity contribution in [3.63, 3.8) is 0 Å². The summed E-state index contributed by atoms with van der Waals surface area (Å²) in [6, 6.07) is 4.92. The second kappa shape index (κ2) is 8.82. The highest BCUT2D eigenvalue weighted by atomic mass is 35.5. The molecule has 1 saturated heterocycles. The lowest BCUT2D eigenvalue weighted by Gasteiger charge is -2.15. The van der Waals surface area contributed by atoms with Crippen molar-refractivity contribution in [2.45, 2.75) is 31.4 Å². The molecule has 0 bridgehead atoms. The summed E-state index contributed by atoms with van der Waals surface area (Å²) in [5, 5.41) is 12.0. The number of allylic oxidation sites excluding steroid dienone is 1. The van der Waals surface area contributed by atoms with E-state index in [1.54, 1.807) is 13.2 Å². The molecule has 0 spiro atoms. The number of hydrogen-bond acceptors (Lipinski definition) is 6. The molecule has 8 heteroatoms. The molecule has 0 unspecified atom stereocenters. The highest BCUT2D eigenvalue weighted by Gasteiger charge is 2.31. The number of halogens is 1. The van der Waals surface area contributed by atoms with Crippen LogP contribution in [0.1, 0.15) is 18.5 Å². The molecule has 26 heavy (non-hydrogen) atoms. The van der Waals surface area contributed by atoms with Crippen molar-refractivity contribution in [3.8, 4) is 11.6 Å². The number of fused-ring (bicyclic) bond motifs is 1. The van der Waals surface area contributed by atoms with E-state index in [9.17, 15) is 4.79 Å². The number of aryl methyl sites for hydroxylation is 1. The van der Waals surface area contributed by atoms with Crippen LogP contribution in [-0.4, -0.2) is 46.8 Å². The summed E-state index contributed by atoms with van der Waals surface area (Å²) in [6.45, 7) is 4.21. The quantitative estimate of drug-likeness (QED) is 0.713. The molecule has 1 fully saturated rings. The molecule has 0 aliphatic carbocycles. The van der Waals surface area contributed by atoms with Crippen LogP contribution in [0.25, 0.3) is 11.0 Å². The van der Waals surface area contributed by atoms with Crippen LogP contribution in [0.3, 0.4) is 0 Å². The predicted molar refractivity (Wildman–Crippen MR) is 100 cm³/mol. The zero-order valence-electron chi connectivity index (χ0n) is 14.5. The third-order valence-electron chi connectivity index (χ3n) is 4.16. The Morgan fingerprint density at radius 1 is 1.42 bits per heavy atom. The van der Waals surface area contributed by atoms with Crippen LogP contribution in [0, 0.1) is 0 Å². The van der Waals surface area contributed by atoms with Gasteiger partial charge in [-0.2, -0.15) is 0 Å². The molecular weight excluding hydrogens is 358 g/mol. The number of nitrogens with one attached hydrogen (secondary N) is 1. The fraction of sp³-hybridized carbons (Fsp3) is 0.389. The molecule has 2 aromatic rings. The van der Waals surface area contributed by atoms with Crippen LogP contribution in [0.15, 0.2) is 30.9 Å². The predicted octanol–water partition coefficient (Wildman–Crippen LogP) is 2.37. The number of benzene rings is 1. The molecule has 0 radical (unpaired) electrons. The number of methoxy groups -OCH3 is 1. The number of aromatic nitrogens is 2. The molecule has 3 rings (SSSR count). The average molecular weight is 380 g/mol. The van der Waals surface area contributed by atoms with Crippen LogP contribution < -0.4 is 14.8 Å². The van der Waals surface area contributed by atoms with Gasteiger partial charge < -0.3 is 19.9 Å². The summed E-state index contributed by atoms with van der Waals surface area (Å²) in [5.41, 5.74) is 2.19. The van der Waals surface area contributed by atoms with E-state index in [2.05, 4.69) is 21.9 Å². The lowest BCUT2D eigenvalue weighted by Crippen LogP contribution is -2.30. The van der Waals surface area contributed by atoms with E-state index in [4.69, 9.17) is 14.6 Å². The topological polar surface area (TPSA) is 93.6 Å². The van der Waals surface area contributed by atoms with Gasteiger partial charge in [0.15, 0.2) is 0 Å². The van der Waals surface area contributed by atoms with Crippen LogP contribution in [-0.2, 0) is 11.2 Å². The van der Waals surface area contributed by atoms with Gasteiger partial charge in [0.25, 0.3) is 0 Å². The summed E-state index contributed by atoms with van der Waals surface area (Å²) in [7, 11) is 1.60. The molecule has 0 amide bonds. The number of hydrogen-bond donors (Lipinski definition) is 2. The van der Waals surface area contributed by atoms with E-state index in [0.717, 1.165) is 17.6 Å². The van der Waals surface area contributed by atoms with E-state index in [-0.39, 0.29) is 18.5 Å². The fourth-order valence-electron chi connectivity index (χ4n) is 2.82. The lowest BCUT2D eigenvalue weighted by molar-refractivity contribution is -0.139. The minimum atomic E-state index is -0.868. The van der Waals surface area contributed by atoms with Crippen LogP contribution >= 0.6 is 12.4 Å². The minimum Gasteiger partial charge on any atom is -0.497 e. The van der Waals surface area contributed by atoms with Gasteiger partial charge >= 0.3 is 5.97 Å². The summed E-state index contributed by atoms with van der Waals surface area (Å²) in [5.74, 6) is 0.271. The number of rotatable bonds is 7. The monoisotopic (exact) mass is 379 g/mol. The standard InChI is InChI=1S/C18H21N3O4.ClH/c1-3-4-5-14-17(25-12-9-16(18(22)23)19-10-12)21-15-8-11(24-2)6-7-13(15)20-14;/h3,6-8,12,16,19H,1,4-5,9-10H2,2H3,(H,22,23);1H/t12-,16+;/m1./s1. The first kappa shape index (κ1) is 19.9. The minimum absolute atomic E-state index is 0. The number of ether oxygens (including phenoxy) is 2.